The molecule has 0 bridgehead atoms. The molecule has 0 saturated carbocycles. The van der Waals surface area contributed by atoms with Gasteiger partial charge in [0.05, 0.1) is 0 Å². The standard InChI is InChI=1S/C10H15BrN2OS/c1-3-13(2)6-5-12-10(14)9-8(11)4-7-15-9/h4,7H,3,5-6H2,1-2H3,(H,12,14). The van der Waals surface area contributed by atoms with E-state index in [0.717, 1.165) is 22.4 Å². The molecule has 0 fully saturated rings. The number of thiophene rings is 1. The van der Waals surface area contributed by atoms with Crippen LogP contribution in [0.2, 0.25) is 0 Å². The van der Waals surface area contributed by atoms with E-state index in [9.17, 15) is 4.79 Å². The molecule has 0 aliphatic heterocycles. The second kappa shape index (κ2) is 6.25. The fraction of sp³-hybridized carbons (Fsp3) is 0.500. The highest BCUT2D eigenvalue weighted by atomic mass is 79.9. The van der Waals surface area contributed by atoms with Crippen molar-refractivity contribution in [3.05, 3.63) is 20.8 Å². The van der Waals surface area contributed by atoms with E-state index < -0.39 is 0 Å². The van der Waals surface area contributed by atoms with Gasteiger partial charge in [0.2, 0.25) is 0 Å². The molecule has 0 aliphatic carbocycles. The Balaban J connectivity index is 2.34. The first kappa shape index (κ1) is 12.7. The molecule has 0 aromatic carbocycles. The molecule has 0 atom stereocenters. The third kappa shape index (κ3) is 3.93. The molecule has 0 unspecified atom stereocenters. The molecule has 1 heterocycles. The van der Waals surface area contributed by atoms with Crippen molar-refractivity contribution < 1.29 is 4.79 Å². The van der Waals surface area contributed by atoms with Crippen molar-refractivity contribution in [2.24, 2.45) is 0 Å². The lowest BCUT2D eigenvalue weighted by molar-refractivity contribution is 0.0953. The van der Waals surface area contributed by atoms with Crippen molar-refractivity contribution >= 4 is 33.2 Å². The minimum absolute atomic E-state index is 0.00128. The van der Waals surface area contributed by atoms with Crippen LogP contribution < -0.4 is 5.32 Å². The summed E-state index contributed by atoms with van der Waals surface area (Å²) in [6, 6.07) is 1.89. The molecule has 5 heteroatoms. The van der Waals surface area contributed by atoms with Crippen LogP contribution in [0.15, 0.2) is 15.9 Å². The zero-order chi connectivity index (χ0) is 11.3. The third-order valence-corrected chi connectivity index (χ3v) is 3.98. The zero-order valence-electron chi connectivity index (χ0n) is 8.92. The minimum Gasteiger partial charge on any atom is -0.350 e. The molecule has 1 amide bonds. The van der Waals surface area contributed by atoms with Gasteiger partial charge in [0.25, 0.3) is 5.91 Å². The van der Waals surface area contributed by atoms with Crippen molar-refractivity contribution in [1.29, 1.82) is 0 Å². The first-order valence-corrected chi connectivity index (χ1v) is 6.52. The molecule has 1 rings (SSSR count). The predicted octanol–water partition coefficient (Wildman–Crippen LogP) is 2.19. The Hall–Kier alpha value is -0.390. The van der Waals surface area contributed by atoms with Crippen LogP contribution in [0.1, 0.15) is 16.6 Å². The van der Waals surface area contributed by atoms with Crippen molar-refractivity contribution in [3.63, 3.8) is 0 Å². The molecule has 0 aliphatic rings. The largest absolute Gasteiger partial charge is 0.350 e. The van der Waals surface area contributed by atoms with Crippen LogP contribution in [0.5, 0.6) is 0 Å². The minimum atomic E-state index is 0.00128. The van der Waals surface area contributed by atoms with Crippen molar-refractivity contribution in [2.45, 2.75) is 6.92 Å². The molecular weight excluding hydrogens is 276 g/mol. The van der Waals surface area contributed by atoms with Crippen molar-refractivity contribution in [2.75, 3.05) is 26.7 Å². The van der Waals surface area contributed by atoms with Gasteiger partial charge >= 0.3 is 0 Å². The molecule has 1 N–H and O–H groups in total. The number of amides is 1. The van der Waals surface area contributed by atoms with E-state index in [4.69, 9.17) is 0 Å². The second-order valence-electron chi connectivity index (χ2n) is 3.25. The van der Waals surface area contributed by atoms with E-state index in [2.05, 4.69) is 33.1 Å². The lowest BCUT2D eigenvalue weighted by atomic mass is 10.4. The number of hydrogen-bond acceptors (Lipinski definition) is 3. The van der Waals surface area contributed by atoms with Gasteiger partial charge in [-0.2, -0.15) is 0 Å². The number of nitrogens with one attached hydrogen (secondary N) is 1. The summed E-state index contributed by atoms with van der Waals surface area (Å²) >= 11 is 4.79. The SMILES string of the molecule is CCN(C)CCNC(=O)c1sccc1Br. The summed E-state index contributed by atoms with van der Waals surface area (Å²) in [6.45, 7) is 4.66. The quantitative estimate of drug-likeness (QED) is 0.902. The van der Waals surface area contributed by atoms with Crippen LogP contribution in [0.4, 0.5) is 0 Å². The molecular formula is C10H15BrN2OS. The summed E-state index contributed by atoms with van der Waals surface area (Å²) in [5.41, 5.74) is 0. The van der Waals surface area contributed by atoms with Crippen LogP contribution in [-0.4, -0.2) is 37.5 Å². The summed E-state index contributed by atoms with van der Waals surface area (Å²) in [5.74, 6) is 0.00128. The summed E-state index contributed by atoms with van der Waals surface area (Å²) in [4.78, 5) is 14.5. The van der Waals surface area contributed by atoms with Crippen LogP contribution in [0.25, 0.3) is 0 Å². The van der Waals surface area contributed by atoms with E-state index in [1.807, 2.05) is 18.5 Å². The van der Waals surface area contributed by atoms with Crippen LogP contribution in [0, 0.1) is 0 Å². The fourth-order valence-corrected chi connectivity index (χ4v) is 2.52. The number of hydrogen-bond donors (Lipinski definition) is 1. The molecule has 1 aromatic rings. The maximum atomic E-state index is 11.6. The number of rotatable bonds is 5. The monoisotopic (exact) mass is 290 g/mol. The van der Waals surface area contributed by atoms with Gasteiger partial charge in [-0.25, -0.2) is 0 Å². The van der Waals surface area contributed by atoms with Crippen molar-refractivity contribution in [3.8, 4) is 0 Å². The van der Waals surface area contributed by atoms with Crippen molar-refractivity contribution in [1.82, 2.24) is 10.2 Å². The molecule has 0 radical (unpaired) electrons. The van der Waals surface area contributed by atoms with Gasteiger partial charge in [-0.1, -0.05) is 6.92 Å². The summed E-state index contributed by atoms with van der Waals surface area (Å²) in [7, 11) is 2.03. The number of carbonyl (C=O) groups excluding carboxylic acids is 1. The fourth-order valence-electron chi connectivity index (χ4n) is 1.05. The van der Waals surface area contributed by atoms with Gasteiger partial charge in [0.1, 0.15) is 4.88 Å². The van der Waals surface area contributed by atoms with Crippen LogP contribution in [-0.2, 0) is 0 Å². The third-order valence-electron chi connectivity index (χ3n) is 2.14. The molecule has 84 valence electrons. The Bertz CT molecular complexity index is 327. The summed E-state index contributed by atoms with van der Waals surface area (Å²) < 4.78 is 0.869. The molecule has 0 spiro atoms. The van der Waals surface area contributed by atoms with Gasteiger partial charge in [0, 0.05) is 17.6 Å². The lowest BCUT2D eigenvalue weighted by Crippen LogP contribution is -2.32. The zero-order valence-corrected chi connectivity index (χ0v) is 11.3. The van der Waals surface area contributed by atoms with E-state index >= 15 is 0 Å². The average Bonchev–Trinajstić information content (AvgIpc) is 2.64. The van der Waals surface area contributed by atoms with E-state index in [0.29, 0.717) is 6.54 Å². The Morgan fingerprint density at radius 3 is 2.93 bits per heavy atom. The first-order chi connectivity index (χ1) is 7.15. The van der Waals surface area contributed by atoms with Crippen LogP contribution >= 0.6 is 27.3 Å². The summed E-state index contributed by atoms with van der Waals surface area (Å²) in [6.07, 6.45) is 0. The highest BCUT2D eigenvalue weighted by molar-refractivity contribution is 9.10. The smallest absolute Gasteiger partial charge is 0.262 e. The number of nitrogens with zero attached hydrogens (tertiary/aromatic N) is 1. The molecule has 1 aromatic heterocycles. The van der Waals surface area contributed by atoms with Gasteiger partial charge in [-0.05, 0) is 41.0 Å². The van der Waals surface area contributed by atoms with E-state index in [1.54, 1.807) is 0 Å². The number of carbonyl (C=O) groups is 1. The Kier molecular flexibility index (Phi) is 5.28. The summed E-state index contributed by atoms with van der Waals surface area (Å²) in [5, 5.41) is 4.79. The molecule has 0 saturated heterocycles. The van der Waals surface area contributed by atoms with E-state index in [-0.39, 0.29) is 5.91 Å². The Labute approximate surface area is 103 Å². The maximum absolute atomic E-state index is 11.6. The molecule has 3 nitrogen and oxygen atoms in total. The normalized spacial score (nSPS) is 10.7. The Morgan fingerprint density at radius 2 is 2.40 bits per heavy atom. The van der Waals surface area contributed by atoms with E-state index in [1.165, 1.54) is 11.3 Å². The average molecular weight is 291 g/mol. The van der Waals surface area contributed by atoms with Gasteiger partial charge < -0.3 is 10.2 Å². The van der Waals surface area contributed by atoms with Gasteiger partial charge in [0.15, 0.2) is 0 Å². The maximum Gasteiger partial charge on any atom is 0.262 e. The number of likely N-dealkylation sites (N-methyl/N-ethyl adjacent to an activating group) is 1. The lowest BCUT2D eigenvalue weighted by Gasteiger charge is -2.13. The highest BCUT2D eigenvalue weighted by Crippen LogP contribution is 2.21. The highest BCUT2D eigenvalue weighted by Gasteiger charge is 2.10. The Morgan fingerprint density at radius 1 is 1.67 bits per heavy atom. The second-order valence-corrected chi connectivity index (χ2v) is 5.02. The van der Waals surface area contributed by atoms with Crippen LogP contribution in [0.3, 0.4) is 0 Å². The van der Waals surface area contributed by atoms with Gasteiger partial charge in [-0.3, -0.25) is 4.79 Å². The predicted molar refractivity (Wildman–Crippen MR) is 67.5 cm³/mol. The molecule has 15 heavy (non-hydrogen) atoms. The number of halogens is 1. The van der Waals surface area contributed by atoms with Gasteiger partial charge in [-0.15, -0.1) is 11.3 Å². The first-order valence-electron chi connectivity index (χ1n) is 4.85. The topological polar surface area (TPSA) is 32.3 Å².